The Morgan fingerprint density at radius 3 is 2.07 bits per heavy atom. The maximum absolute atomic E-state index is 5.96. The molecule has 0 atom stereocenters. The van der Waals surface area contributed by atoms with Crippen molar-refractivity contribution in [1.29, 1.82) is 0 Å². The van der Waals surface area contributed by atoms with Gasteiger partial charge in [0.15, 0.2) is 17.4 Å². The first-order valence-electron chi connectivity index (χ1n) is 10.3. The summed E-state index contributed by atoms with van der Waals surface area (Å²) in [5.74, 6) is 2.38. The predicted molar refractivity (Wildman–Crippen MR) is 115 cm³/mol. The fraction of sp³-hybridized carbons (Fsp3) is 0.409. The lowest BCUT2D eigenvalue weighted by Gasteiger charge is -2.31. The van der Waals surface area contributed by atoms with Crippen LogP contribution in [0.15, 0.2) is 36.5 Å². The van der Waals surface area contributed by atoms with Crippen LogP contribution >= 0.6 is 0 Å². The highest BCUT2D eigenvalue weighted by Gasteiger charge is 2.26. The zero-order chi connectivity index (χ0) is 20.3. The number of rotatable bonds is 4. The molecule has 0 spiro atoms. The molecule has 3 aromatic rings. The third-order valence-electron chi connectivity index (χ3n) is 5.61. The number of pyridine rings is 1. The molecule has 0 N–H and O–H groups in total. The standard InChI is InChI=1S/C22H25N5O3/c1-28-20-18-17(15-23-19(20)16-5-3-2-4-6-16)21(26-7-11-29-12-8-26)24-25-22(18)27-9-13-30-14-10-27/h2-6,15H,7-14H2,1H3. The highest BCUT2D eigenvalue weighted by atomic mass is 16.5. The molecule has 0 aliphatic carbocycles. The molecule has 0 amide bonds. The van der Waals surface area contributed by atoms with Gasteiger partial charge in [0.2, 0.25) is 0 Å². The maximum Gasteiger partial charge on any atom is 0.163 e. The Morgan fingerprint density at radius 2 is 1.43 bits per heavy atom. The van der Waals surface area contributed by atoms with E-state index in [1.165, 1.54) is 0 Å². The van der Waals surface area contributed by atoms with Gasteiger partial charge >= 0.3 is 0 Å². The van der Waals surface area contributed by atoms with E-state index in [2.05, 4.69) is 20.0 Å². The lowest BCUT2D eigenvalue weighted by Crippen LogP contribution is -2.38. The largest absolute Gasteiger partial charge is 0.494 e. The molecule has 5 rings (SSSR count). The van der Waals surface area contributed by atoms with Crippen molar-refractivity contribution in [2.75, 3.05) is 69.5 Å². The van der Waals surface area contributed by atoms with E-state index < -0.39 is 0 Å². The van der Waals surface area contributed by atoms with E-state index in [-0.39, 0.29) is 0 Å². The molecule has 0 radical (unpaired) electrons. The fourth-order valence-electron chi connectivity index (χ4n) is 4.09. The summed E-state index contributed by atoms with van der Waals surface area (Å²) in [5.41, 5.74) is 1.81. The zero-order valence-corrected chi connectivity index (χ0v) is 17.1. The van der Waals surface area contributed by atoms with Gasteiger partial charge < -0.3 is 24.0 Å². The molecular formula is C22H25N5O3. The van der Waals surface area contributed by atoms with Gasteiger partial charge in [-0.3, -0.25) is 4.98 Å². The predicted octanol–water partition coefficient (Wildman–Crippen LogP) is 2.37. The van der Waals surface area contributed by atoms with E-state index in [1.54, 1.807) is 7.11 Å². The van der Waals surface area contributed by atoms with Crippen LogP contribution in [-0.4, -0.2) is 74.9 Å². The second-order valence-electron chi connectivity index (χ2n) is 7.34. The highest BCUT2D eigenvalue weighted by Crippen LogP contribution is 2.41. The van der Waals surface area contributed by atoms with Gasteiger partial charge in [-0.2, -0.15) is 0 Å². The Balaban J connectivity index is 1.74. The second-order valence-corrected chi connectivity index (χ2v) is 7.34. The number of morpholine rings is 2. The number of anilines is 2. The van der Waals surface area contributed by atoms with E-state index in [0.717, 1.165) is 65.6 Å². The highest BCUT2D eigenvalue weighted by molar-refractivity contribution is 6.05. The average molecular weight is 407 g/mol. The molecule has 0 unspecified atom stereocenters. The Labute approximate surface area is 175 Å². The van der Waals surface area contributed by atoms with Crippen molar-refractivity contribution in [2.45, 2.75) is 0 Å². The summed E-state index contributed by atoms with van der Waals surface area (Å²) >= 11 is 0. The Kier molecular flexibility index (Phi) is 5.33. The van der Waals surface area contributed by atoms with Crippen LogP contribution < -0.4 is 14.5 Å². The van der Waals surface area contributed by atoms with Crippen LogP contribution in [0.25, 0.3) is 22.0 Å². The van der Waals surface area contributed by atoms with E-state index in [4.69, 9.17) is 19.2 Å². The van der Waals surface area contributed by atoms with Crippen molar-refractivity contribution in [1.82, 2.24) is 15.2 Å². The number of methoxy groups -OCH3 is 1. The molecule has 0 saturated carbocycles. The Bertz CT molecular complexity index is 1020. The lowest BCUT2D eigenvalue weighted by molar-refractivity contribution is 0.122. The molecule has 2 saturated heterocycles. The quantitative estimate of drug-likeness (QED) is 0.653. The normalized spacial score (nSPS) is 17.4. The number of ether oxygens (including phenoxy) is 3. The van der Waals surface area contributed by atoms with Crippen LogP contribution in [0.5, 0.6) is 5.75 Å². The van der Waals surface area contributed by atoms with Crippen LogP contribution in [0.4, 0.5) is 11.6 Å². The number of nitrogens with zero attached hydrogens (tertiary/aromatic N) is 5. The summed E-state index contributed by atoms with van der Waals surface area (Å²) in [4.78, 5) is 9.23. The van der Waals surface area contributed by atoms with Crippen LogP contribution in [0.3, 0.4) is 0 Å². The summed E-state index contributed by atoms with van der Waals surface area (Å²) in [5, 5.41) is 11.2. The minimum Gasteiger partial charge on any atom is -0.494 e. The van der Waals surface area contributed by atoms with Gasteiger partial charge in [-0.05, 0) is 0 Å². The molecule has 156 valence electrons. The third-order valence-corrected chi connectivity index (χ3v) is 5.61. The van der Waals surface area contributed by atoms with E-state index in [9.17, 15) is 0 Å². The monoisotopic (exact) mass is 407 g/mol. The molecule has 30 heavy (non-hydrogen) atoms. The van der Waals surface area contributed by atoms with Crippen LogP contribution in [0.1, 0.15) is 0 Å². The summed E-state index contributed by atoms with van der Waals surface area (Å²) in [6, 6.07) is 10.1. The average Bonchev–Trinajstić information content (AvgIpc) is 2.84. The lowest BCUT2D eigenvalue weighted by atomic mass is 10.1. The van der Waals surface area contributed by atoms with Crippen molar-refractivity contribution in [3.05, 3.63) is 36.5 Å². The smallest absolute Gasteiger partial charge is 0.163 e. The van der Waals surface area contributed by atoms with Gasteiger partial charge in [0, 0.05) is 37.9 Å². The van der Waals surface area contributed by atoms with E-state index >= 15 is 0 Å². The molecule has 1 aromatic carbocycles. The Morgan fingerprint density at radius 1 is 0.833 bits per heavy atom. The number of fused-ring (bicyclic) bond motifs is 1. The third kappa shape index (κ3) is 3.42. The van der Waals surface area contributed by atoms with Gasteiger partial charge in [-0.15, -0.1) is 10.2 Å². The summed E-state index contributed by atoms with van der Waals surface area (Å²) < 4.78 is 17.0. The molecule has 2 fully saturated rings. The first-order valence-corrected chi connectivity index (χ1v) is 10.3. The fourth-order valence-corrected chi connectivity index (χ4v) is 4.09. The van der Waals surface area contributed by atoms with Crippen molar-refractivity contribution in [3.63, 3.8) is 0 Å². The SMILES string of the molecule is COc1c(-c2ccccc2)ncc2c(N3CCOCC3)nnc(N3CCOCC3)c12. The van der Waals surface area contributed by atoms with Gasteiger partial charge in [0.05, 0.1) is 44.3 Å². The molecule has 2 aliphatic heterocycles. The minimum atomic E-state index is 0.674. The molecule has 8 nitrogen and oxygen atoms in total. The molecule has 8 heteroatoms. The van der Waals surface area contributed by atoms with E-state index in [0.29, 0.717) is 26.4 Å². The molecule has 2 aromatic heterocycles. The summed E-state index contributed by atoms with van der Waals surface area (Å²) in [6.07, 6.45) is 1.91. The van der Waals surface area contributed by atoms with Gasteiger partial charge in [-0.1, -0.05) is 30.3 Å². The minimum absolute atomic E-state index is 0.674. The van der Waals surface area contributed by atoms with Crippen molar-refractivity contribution < 1.29 is 14.2 Å². The van der Waals surface area contributed by atoms with Gasteiger partial charge in [-0.25, -0.2) is 0 Å². The Hall–Kier alpha value is -2.97. The second kappa shape index (κ2) is 8.41. The molecular weight excluding hydrogens is 382 g/mol. The van der Waals surface area contributed by atoms with Crippen molar-refractivity contribution >= 4 is 22.4 Å². The topological polar surface area (TPSA) is 72.8 Å². The van der Waals surface area contributed by atoms with Gasteiger partial charge in [0.25, 0.3) is 0 Å². The maximum atomic E-state index is 5.96. The molecule has 4 heterocycles. The number of aromatic nitrogens is 3. The van der Waals surface area contributed by atoms with Crippen LogP contribution in [0, 0.1) is 0 Å². The molecule has 2 aliphatic rings. The van der Waals surface area contributed by atoms with Crippen molar-refractivity contribution in [3.8, 4) is 17.0 Å². The number of benzene rings is 1. The summed E-state index contributed by atoms with van der Waals surface area (Å²) in [7, 11) is 1.70. The number of hydrogen-bond donors (Lipinski definition) is 0. The molecule has 0 bridgehead atoms. The number of hydrogen-bond acceptors (Lipinski definition) is 8. The van der Waals surface area contributed by atoms with Crippen LogP contribution in [-0.2, 0) is 9.47 Å². The van der Waals surface area contributed by atoms with Crippen molar-refractivity contribution in [2.24, 2.45) is 0 Å². The first kappa shape index (κ1) is 19.0. The first-order chi connectivity index (χ1) is 14.9. The summed E-state index contributed by atoms with van der Waals surface area (Å²) in [6.45, 7) is 5.81. The van der Waals surface area contributed by atoms with Gasteiger partial charge in [0.1, 0.15) is 5.69 Å². The van der Waals surface area contributed by atoms with E-state index in [1.807, 2.05) is 36.5 Å². The van der Waals surface area contributed by atoms with Crippen LogP contribution in [0.2, 0.25) is 0 Å². The zero-order valence-electron chi connectivity index (χ0n) is 17.1.